The van der Waals surface area contributed by atoms with E-state index in [1.54, 1.807) is 29.2 Å². The molecule has 1 aromatic heterocycles. The molecular formula is C16H19N3O3S. The van der Waals surface area contributed by atoms with Gasteiger partial charge in [0.15, 0.2) is 0 Å². The number of aromatic amines is 1. The average molecular weight is 333 g/mol. The van der Waals surface area contributed by atoms with Crippen LogP contribution in [0.3, 0.4) is 0 Å². The van der Waals surface area contributed by atoms with Crippen LogP contribution in [0.2, 0.25) is 0 Å². The van der Waals surface area contributed by atoms with Crippen molar-refractivity contribution >= 4 is 21.6 Å². The third kappa shape index (κ3) is 3.62. The van der Waals surface area contributed by atoms with Gasteiger partial charge in [0.2, 0.25) is 15.9 Å². The Bertz CT molecular complexity index is 767. The first-order chi connectivity index (χ1) is 11.1. The van der Waals surface area contributed by atoms with Gasteiger partial charge in [-0.3, -0.25) is 4.79 Å². The summed E-state index contributed by atoms with van der Waals surface area (Å²) in [5.41, 5.74) is 1.80. The smallest absolute Gasteiger partial charge is 0.240 e. The molecule has 1 aliphatic rings. The Labute approximate surface area is 135 Å². The lowest BCUT2D eigenvalue weighted by Gasteiger charge is -2.16. The number of aromatic nitrogens is 1. The number of carbonyl (C=O) groups is 1. The van der Waals surface area contributed by atoms with Gasteiger partial charge in [-0.2, -0.15) is 0 Å². The van der Waals surface area contributed by atoms with E-state index in [4.69, 9.17) is 0 Å². The minimum absolute atomic E-state index is 0.0882. The molecule has 1 aliphatic heterocycles. The molecule has 0 aliphatic carbocycles. The molecule has 1 fully saturated rings. The molecule has 1 aromatic carbocycles. The monoisotopic (exact) mass is 333 g/mol. The lowest BCUT2D eigenvalue weighted by molar-refractivity contribution is -0.117. The molecule has 2 heterocycles. The second kappa shape index (κ2) is 6.55. The zero-order valence-corrected chi connectivity index (χ0v) is 13.5. The molecule has 0 atom stereocenters. The quantitative estimate of drug-likeness (QED) is 0.843. The van der Waals surface area contributed by atoms with Crippen LogP contribution in [-0.2, 0) is 21.2 Å². The Hall–Kier alpha value is -2.12. The van der Waals surface area contributed by atoms with Crippen LogP contribution < -0.4 is 9.62 Å². The molecule has 1 saturated heterocycles. The fourth-order valence-corrected chi connectivity index (χ4v) is 3.69. The minimum atomic E-state index is -3.53. The van der Waals surface area contributed by atoms with Crippen LogP contribution in [0, 0.1) is 0 Å². The molecule has 122 valence electrons. The predicted octanol–water partition coefficient (Wildman–Crippen LogP) is 1.66. The van der Waals surface area contributed by atoms with E-state index in [0.29, 0.717) is 25.9 Å². The molecule has 2 N–H and O–H groups in total. The van der Waals surface area contributed by atoms with Gasteiger partial charge in [-0.25, -0.2) is 13.1 Å². The fourth-order valence-electron chi connectivity index (χ4n) is 2.65. The van der Waals surface area contributed by atoms with Crippen LogP contribution in [0.15, 0.2) is 47.6 Å². The fraction of sp³-hybridized carbons (Fsp3) is 0.312. The number of nitrogens with one attached hydrogen (secondary N) is 2. The van der Waals surface area contributed by atoms with Gasteiger partial charge < -0.3 is 9.88 Å². The van der Waals surface area contributed by atoms with Gasteiger partial charge in [-0.1, -0.05) is 0 Å². The molecule has 3 rings (SSSR count). The normalized spacial score (nSPS) is 15.3. The average Bonchev–Trinajstić information content (AvgIpc) is 3.19. The van der Waals surface area contributed by atoms with Crippen molar-refractivity contribution < 1.29 is 13.2 Å². The van der Waals surface area contributed by atoms with Crippen LogP contribution in [-0.4, -0.2) is 32.4 Å². The minimum Gasteiger partial charge on any atom is -0.367 e. The molecule has 0 bridgehead atoms. The van der Waals surface area contributed by atoms with Crippen molar-refractivity contribution in [1.82, 2.24) is 9.71 Å². The van der Waals surface area contributed by atoms with Crippen molar-refractivity contribution in [1.29, 1.82) is 0 Å². The van der Waals surface area contributed by atoms with Crippen molar-refractivity contribution in [3.05, 3.63) is 48.3 Å². The summed E-state index contributed by atoms with van der Waals surface area (Å²) >= 11 is 0. The highest BCUT2D eigenvalue weighted by Crippen LogP contribution is 2.22. The molecular weight excluding hydrogens is 314 g/mol. The summed E-state index contributed by atoms with van der Waals surface area (Å²) < 4.78 is 27.1. The van der Waals surface area contributed by atoms with Gasteiger partial charge in [0, 0.05) is 37.6 Å². The molecule has 6 nitrogen and oxygen atoms in total. The van der Waals surface area contributed by atoms with Crippen molar-refractivity contribution in [2.45, 2.75) is 24.2 Å². The number of benzene rings is 1. The molecule has 2 aromatic rings. The third-order valence-corrected chi connectivity index (χ3v) is 5.38. The molecule has 23 heavy (non-hydrogen) atoms. The zero-order valence-electron chi connectivity index (χ0n) is 12.7. The highest BCUT2D eigenvalue weighted by molar-refractivity contribution is 7.89. The molecule has 0 spiro atoms. The first-order valence-corrected chi connectivity index (χ1v) is 9.06. The number of hydrogen-bond acceptors (Lipinski definition) is 3. The molecule has 0 saturated carbocycles. The van der Waals surface area contributed by atoms with Crippen LogP contribution in [0.25, 0.3) is 0 Å². The summed E-state index contributed by atoms with van der Waals surface area (Å²) in [5.74, 6) is 0.0882. The number of nitrogens with zero attached hydrogens (tertiary/aromatic N) is 1. The van der Waals surface area contributed by atoms with Crippen molar-refractivity contribution in [2.75, 3.05) is 18.0 Å². The first kappa shape index (κ1) is 15.8. The number of amides is 1. The van der Waals surface area contributed by atoms with E-state index in [2.05, 4.69) is 9.71 Å². The molecule has 0 radical (unpaired) electrons. The summed E-state index contributed by atoms with van der Waals surface area (Å²) in [6.07, 6.45) is 5.68. The van der Waals surface area contributed by atoms with E-state index in [-0.39, 0.29) is 10.8 Å². The van der Waals surface area contributed by atoms with Gasteiger partial charge in [-0.15, -0.1) is 0 Å². The van der Waals surface area contributed by atoms with Crippen LogP contribution in [0.1, 0.15) is 18.4 Å². The molecule has 1 amide bonds. The van der Waals surface area contributed by atoms with E-state index in [1.807, 2.05) is 18.5 Å². The standard InChI is InChI=1S/C16H19N3O3S/c20-16-2-1-11-19(16)14-3-5-15(6-4-14)23(21,22)18-10-8-13-7-9-17-12-13/h3-7,9,12,17-18H,1-2,8,10-11H2. The maximum atomic E-state index is 12.3. The van der Waals surface area contributed by atoms with Crippen LogP contribution in [0.4, 0.5) is 5.69 Å². The third-order valence-electron chi connectivity index (χ3n) is 3.90. The Morgan fingerprint density at radius 1 is 1.17 bits per heavy atom. The molecule has 7 heteroatoms. The largest absolute Gasteiger partial charge is 0.367 e. The number of hydrogen-bond donors (Lipinski definition) is 2. The second-order valence-corrected chi connectivity index (χ2v) is 7.28. The number of rotatable bonds is 6. The topological polar surface area (TPSA) is 82.3 Å². The van der Waals surface area contributed by atoms with E-state index >= 15 is 0 Å². The van der Waals surface area contributed by atoms with Crippen LogP contribution in [0.5, 0.6) is 0 Å². The first-order valence-electron chi connectivity index (χ1n) is 7.58. The van der Waals surface area contributed by atoms with E-state index < -0.39 is 10.0 Å². The van der Waals surface area contributed by atoms with Crippen molar-refractivity contribution in [3.63, 3.8) is 0 Å². The van der Waals surface area contributed by atoms with Gasteiger partial charge >= 0.3 is 0 Å². The van der Waals surface area contributed by atoms with E-state index in [0.717, 1.165) is 17.7 Å². The zero-order chi connectivity index (χ0) is 16.3. The van der Waals surface area contributed by atoms with Gasteiger partial charge in [-0.05, 0) is 48.7 Å². The maximum absolute atomic E-state index is 12.3. The summed E-state index contributed by atoms with van der Waals surface area (Å²) in [6, 6.07) is 8.36. The van der Waals surface area contributed by atoms with E-state index in [1.165, 1.54) is 0 Å². The second-order valence-electron chi connectivity index (χ2n) is 5.51. The summed E-state index contributed by atoms with van der Waals surface area (Å²) in [7, 11) is -3.53. The number of carbonyl (C=O) groups excluding carboxylic acids is 1. The van der Waals surface area contributed by atoms with E-state index in [9.17, 15) is 13.2 Å². The predicted molar refractivity (Wildman–Crippen MR) is 87.7 cm³/mol. The SMILES string of the molecule is O=C1CCCN1c1ccc(S(=O)(=O)NCCc2cc[nH]c2)cc1. The Balaban J connectivity index is 1.64. The van der Waals surface area contributed by atoms with Gasteiger partial charge in [0.1, 0.15) is 0 Å². The Morgan fingerprint density at radius 2 is 1.96 bits per heavy atom. The maximum Gasteiger partial charge on any atom is 0.240 e. The van der Waals surface area contributed by atoms with Crippen LogP contribution >= 0.6 is 0 Å². The number of H-pyrrole nitrogens is 1. The van der Waals surface area contributed by atoms with Gasteiger partial charge in [0.25, 0.3) is 0 Å². The summed E-state index contributed by atoms with van der Waals surface area (Å²) in [5, 5.41) is 0. The lowest BCUT2D eigenvalue weighted by Crippen LogP contribution is -2.26. The highest BCUT2D eigenvalue weighted by atomic mass is 32.2. The highest BCUT2D eigenvalue weighted by Gasteiger charge is 2.22. The lowest BCUT2D eigenvalue weighted by atomic mass is 10.2. The Morgan fingerprint density at radius 3 is 2.57 bits per heavy atom. The van der Waals surface area contributed by atoms with Gasteiger partial charge in [0.05, 0.1) is 4.90 Å². The summed E-state index contributed by atoms with van der Waals surface area (Å²) in [4.78, 5) is 16.5. The van der Waals surface area contributed by atoms with Crippen molar-refractivity contribution in [3.8, 4) is 0 Å². The van der Waals surface area contributed by atoms with Crippen molar-refractivity contribution in [2.24, 2.45) is 0 Å². The molecule has 0 unspecified atom stereocenters. The summed E-state index contributed by atoms with van der Waals surface area (Å²) in [6.45, 7) is 1.03. The Kier molecular flexibility index (Phi) is 4.49. The number of sulfonamides is 1. The number of anilines is 1.